The number of H-pyrrole nitrogens is 1. The van der Waals surface area contributed by atoms with Crippen LogP contribution < -0.4 is 9.61 Å². The third-order valence-corrected chi connectivity index (χ3v) is 5.59. The van der Waals surface area contributed by atoms with E-state index in [2.05, 4.69) is 11.9 Å². The summed E-state index contributed by atoms with van der Waals surface area (Å²) in [7, 11) is 0. The van der Waals surface area contributed by atoms with Crippen molar-refractivity contribution in [1.82, 2.24) is 4.98 Å². The van der Waals surface area contributed by atoms with Crippen LogP contribution in [0.1, 0.15) is 43.0 Å². The van der Waals surface area contributed by atoms with Gasteiger partial charge >= 0.3 is 4.87 Å². The van der Waals surface area contributed by atoms with E-state index in [0.29, 0.717) is 17.2 Å². The first-order chi connectivity index (χ1) is 11.5. The lowest BCUT2D eigenvalue weighted by Crippen LogP contribution is -2.29. The fourth-order valence-electron chi connectivity index (χ4n) is 3.23. The molecule has 1 aliphatic rings. The van der Waals surface area contributed by atoms with E-state index in [0.717, 1.165) is 48.3 Å². The molecule has 1 fully saturated rings. The molecule has 0 amide bonds. The van der Waals surface area contributed by atoms with Gasteiger partial charge < -0.3 is 14.9 Å². The van der Waals surface area contributed by atoms with Crippen LogP contribution >= 0.6 is 11.3 Å². The van der Waals surface area contributed by atoms with E-state index in [9.17, 15) is 15.0 Å². The summed E-state index contributed by atoms with van der Waals surface area (Å²) in [5.74, 6) is 1.27. The molecular weight excluding hydrogens is 326 g/mol. The smallest absolute Gasteiger partial charge is 0.307 e. The SMILES string of the molecule is CC(Oc1ccc(Cc2sc(=O)[nH]c2O)cc1)C1CCC(O)CC1. The van der Waals surface area contributed by atoms with Gasteiger partial charge in [0.25, 0.3) is 0 Å². The molecule has 1 aromatic carbocycles. The van der Waals surface area contributed by atoms with Crippen LogP contribution in [-0.2, 0) is 6.42 Å². The van der Waals surface area contributed by atoms with Crippen molar-refractivity contribution in [2.24, 2.45) is 5.92 Å². The molecule has 6 heteroatoms. The molecule has 0 aliphatic heterocycles. The molecule has 5 nitrogen and oxygen atoms in total. The maximum Gasteiger partial charge on any atom is 0.307 e. The molecule has 1 saturated carbocycles. The van der Waals surface area contributed by atoms with Crippen molar-refractivity contribution in [3.05, 3.63) is 44.4 Å². The summed E-state index contributed by atoms with van der Waals surface area (Å²) in [5, 5.41) is 19.2. The molecule has 0 radical (unpaired) electrons. The number of ether oxygens (including phenoxy) is 1. The Labute approximate surface area is 144 Å². The van der Waals surface area contributed by atoms with Crippen LogP contribution in [0.15, 0.2) is 29.1 Å². The number of rotatable bonds is 5. The number of benzene rings is 1. The molecule has 0 spiro atoms. The molecule has 2 aromatic rings. The zero-order chi connectivity index (χ0) is 17.1. The van der Waals surface area contributed by atoms with Gasteiger partial charge in [-0.15, -0.1) is 0 Å². The molecule has 1 atom stereocenters. The van der Waals surface area contributed by atoms with Gasteiger partial charge in [0.2, 0.25) is 5.88 Å². The summed E-state index contributed by atoms with van der Waals surface area (Å²) < 4.78 is 6.04. The van der Waals surface area contributed by atoms with Gasteiger partial charge in [-0.05, 0) is 56.2 Å². The number of nitrogens with one attached hydrogen (secondary N) is 1. The average molecular weight is 349 g/mol. The monoisotopic (exact) mass is 349 g/mol. The number of hydrogen-bond donors (Lipinski definition) is 3. The Morgan fingerprint density at radius 1 is 1.25 bits per heavy atom. The average Bonchev–Trinajstić information content (AvgIpc) is 2.87. The van der Waals surface area contributed by atoms with Crippen LogP contribution in [0, 0.1) is 5.92 Å². The number of aromatic amines is 1. The normalized spacial score (nSPS) is 22.2. The third-order valence-electron chi connectivity index (χ3n) is 4.72. The number of hydrogen-bond acceptors (Lipinski definition) is 5. The molecule has 1 unspecified atom stereocenters. The molecule has 24 heavy (non-hydrogen) atoms. The van der Waals surface area contributed by atoms with E-state index < -0.39 is 0 Å². The van der Waals surface area contributed by atoms with Crippen LogP contribution in [0.4, 0.5) is 0 Å². The van der Waals surface area contributed by atoms with Gasteiger partial charge in [0.15, 0.2) is 0 Å². The van der Waals surface area contributed by atoms with Crippen molar-refractivity contribution < 1.29 is 14.9 Å². The topological polar surface area (TPSA) is 82.6 Å². The summed E-state index contributed by atoms with van der Waals surface area (Å²) in [6.45, 7) is 2.09. The van der Waals surface area contributed by atoms with Gasteiger partial charge in [0.05, 0.1) is 17.1 Å². The minimum atomic E-state index is -0.242. The van der Waals surface area contributed by atoms with Crippen molar-refractivity contribution >= 4 is 11.3 Å². The van der Waals surface area contributed by atoms with Crippen molar-refractivity contribution in [1.29, 1.82) is 0 Å². The highest BCUT2D eigenvalue weighted by atomic mass is 32.1. The molecule has 0 bridgehead atoms. The summed E-state index contributed by atoms with van der Waals surface area (Å²) in [5.41, 5.74) is 1.02. The lowest BCUT2D eigenvalue weighted by atomic mass is 9.84. The number of aromatic hydroxyl groups is 1. The first-order valence-corrected chi connectivity index (χ1v) is 9.17. The van der Waals surface area contributed by atoms with Crippen LogP contribution in [0.3, 0.4) is 0 Å². The lowest BCUT2D eigenvalue weighted by molar-refractivity contribution is 0.0621. The van der Waals surface area contributed by atoms with Gasteiger partial charge in [0, 0.05) is 6.42 Å². The maximum atomic E-state index is 11.2. The number of thiazole rings is 1. The fraction of sp³-hybridized carbons (Fsp3) is 0.500. The van der Waals surface area contributed by atoms with Gasteiger partial charge in [-0.3, -0.25) is 9.78 Å². The predicted molar refractivity (Wildman–Crippen MR) is 93.9 cm³/mol. The Bertz CT molecular complexity index is 713. The maximum absolute atomic E-state index is 11.2. The Morgan fingerprint density at radius 3 is 2.50 bits per heavy atom. The van der Waals surface area contributed by atoms with Crippen molar-refractivity contribution in [2.45, 2.75) is 51.2 Å². The van der Waals surface area contributed by atoms with Crippen molar-refractivity contribution in [3.8, 4) is 11.6 Å². The van der Waals surface area contributed by atoms with Gasteiger partial charge in [-0.25, -0.2) is 0 Å². The summed E-state index contributed by atoms with van der Waals surface area (Å²) in [6.07, 6.45) is 4.24. The van der Waals surface area contributed by atoms with E-state index >= 15 is 0 Å². The lowest BCUT2D eigenvalue weighted by Gasteiger charge is -2.30. The summed E-state index contributed by atoms with van der Waals surface area (Å²) in [4.78, 5) is 14.0. The molecule has 1 aliphatic carbocycles. The Morgan fingerprint density at radius 2 is 1.92 bits per heavy atom. The van der Waals surface area contributed by atoms with Crippen LogP contribution in [-0.4, -0.2) is 27.4 Å². The highest BCUT2D eigenvalue weighted by Crippen LogP contribution is 2.29. The third kappa shape index (κ3) is 4.19. The minimum absolute atomic E-state index is 0.0431. The molecule has 1 heterocycles. The first-order valence-electron chi connectivity index (χ1n) is 8.36. The van der Waals surface area contributed by atoms with Crippen molar-refractivity contribution in [2.75, 3.05) is 0 Å². The van der Waals surface area contributed by atoms with E-state index in [1.807, 2.05) is 24.3 Å². The molecule has 3 N–H and O–H groups in total. The number of aromatic nitrogens is 1. The molecule has 3 rings (SSSR count). The Balaban J connectivity index is 1.58. The van der Waals surface area contributed by atoms with E-state index in [-0.39, 0.29) is 23.0 Å². The molecule has 1 aromatic heterocycles. The van der Waals surface area contributed by atoms with Crippen LogP contribution in [0.25, 0.3) is 0 Å². The molecule has 0 saturated heterocycles. The second kappa shape index (κ2) is 7.40. The highest BCUT2D eigenvalue weighted by Gasteiger charge is 2.25. The van der Waals surface area contributed by atoms with Crippen molar-refractivity contribution in [3.63, 3.8) is 0 Å². The quantitative estimate of drug-likeness (QED) is 0.775. The zero-order valence-corrected chi connectivity index (χ0v) is 14.5. The second-order valence-electron chi connectivity index (χ2n) is 6.50. The number of aliphatic hydroxyl groups excluding tert-OH is 1. The van der Waals surface area contributed by atoms with Gasteiger partial charge in [0.1, 0.15) is 5.75 Å². The summed E-state index contributed by atoms with van der Waals surface area (Å²) in [6, 6.07) is 7.76. The summed E-state index contributed by atoms with van der Waals surface area (Å²) >= 11 is 1.03. The minimum Gasteiger partial charge on any atom is -0.494 e. The van der Waals surface area contributed by atoms with Gasteiger partial charge in [-0.1, -0.05) is 23.5 Å². The van der Waals surface area contributed by atoms with Gasteiger partial charge in [-0.2, -0.15) is 0 Å². The van der Waals surface area contributed by atoms with E-state index in [1.54, 1.807) is 0 Å². The van der Waals surface area contributed by atoms with E-state index in [1.165, 1.54) is 0 Å². The highest BCUT2D eigenvalue weighted by molar-refractivity contribution is 7.09. The molecule has 130 valence electrons. The van der Waals surface area contributed by atoms with Crippen LogP contribution in [0.5, 0.6) is 11.6 Å². The largest absolute Gasteiger partial charge is 0.494 e. The Hall–Kier alpha value is -1.79. The van der Waals surface area contributed by atoms with E-state index in [4.69, 9.17) is 4.74 Å². The fourth-order valence-corrected chi connectivity index (χ4v) is 3.98. The standard InChI is InChI=1S/C18H23NO4S/c1-11(13-4-6-14(20)7-5-13)23-15-8-2-12(3-9-15)10-16-17(21)19-18(22)24-16/h2-3,8-9,11,13-14,20-21H,4-7,10H2,1H3,(H,19,22). The Kier molecular flexibility index (Phi) is 5.26. The second-order valence-corrected chi connectivity index (χ2v) is 7.57. The first kappa shape index (κ1) is 17.0. The zero-order valence-electron chi connectivity index (χ0n) is 13.7. The number of aliphatic hydroxyl groups is 1. The van der Waals surface area contributed by atoms with Crippen LogP contribution in [0.2, 0.25) is 0 Å². The molecular formula is C18H23NO4S. The predicted octanol–water partition coefficient (Wildman–Crippen LogP) is 3.05.